The van der Waals surface area contributed by atoms with Crippen molar-refractivity contribution >= 4 is 15.9 Å². The topological polar surface area (TPSA) is 75.7 Å². The average Bonchev–Trinajstić information content (AvgIpc) is 2.58. The van der Waals surface area contributed by atoms with Crippen LogP contribution in [0.15, 0.2) is 24.3 Å². The molecule has 1 aliphatic rings. The van der Waals surface area contributed by atoms with Crippen LogP contribution in [0.25, 0.3) is 0 Å². The number of rotatable bonds is 7. The molecule has 1 unspecified atom stereocenters. The maximum Gasteiger partial charge on any atom is 0.224 e. The number of benzene rings is 1. The van der Waals surface area contributed by atoms with Gasteiger partial charge in [-0.1, -0.05) is 12.1 Å². The van der Waals surface area contributed by atoms with Gasteiger partial charge in [0.15, 0.2) is 0 Å². The van der Waals surface area contributed by atoms with Crippen LogP contribution in [-0.4, -0.2) is 51.6 Å². The summed E-state index contributed by atoms with van der Waals surface area (Å²) < 4.78 is 29.8. The second-order valence-electron chi connectivity index (χ2n) is 6.21. The lowest BCUT2D eigenvalue weighted by molar-refractivity contribution is -0.126. The number of nitrogens with zero attached hydrogens (tertiary/aromatic N) is 1. The zero-order valence-electron chi connectivity index (χ0n) is 14.3. The fourth-order valence-electron chi connectivity index (χ4n) is 2.93. The van der Waals surface area contributed by atoms with Gasteiger partial charge in [0.05, 0.1) is 19.3 Å². The Hall–Kier alpha value is -1.60. The summed E-state index contributed by atoms with van der Waals surface area (Å²) in [4.78, 5) is 12.2. The molecule has 0 aromatic heterocycles. The summed E-state index contributed by atoms with van der Waals surface area (Å²) in [7, 11) is -1.58. The maximum atomic E-state index is 12.2. The number of carbonyl (C=O) groups excluding carboxylic acids is 1. The van der Waals surface area contributed by atoms with Crippen LogP contribution in [0.2, 0.25) is 0 Å². The van der Waals surface area contributed by atoms with Gasteiger partial charge in [0.2, 0.25) is 15.9 Å². The van der Waals surface area contributed by atoms with Crippen LogP contribution in [0.5, 0.6) is 5.75 Å². The van der Waals surface area contributed by atoms with E-state index in [0.29, 0.717) is 19.6 Å². The fraction of sp³-hybridized carbons (Fsp3) is 0.588. The molecular weight excluding hydrogens is 328 g/mol. The van der Waals surface area contributed by atoms with Crippen LogP contribution in [0.3, 0.4) is 0 Å². The molecule has 7 heteroatoms. The van der Waals surface area contributed by atoms with E-state index in [-0.39, 0.29) is 11.8 Å². The fourth-order valence-corrected chi connectivity index (χ4v) is 3.85. The Morgan fingerprint density at radius 1 is 1.42 bits per heavy atom. The number of methoxy groups -OCH3 is 1. The van der Waals surface area contributed by atoms with Gasteiger partial charge in [-0.3, -0.25) is 4.79 Å². The van der Waals surface area contributed by atoms with E-state index in [1.165, 1.54) is 16.1 Å². The first-order chi connectivity index (χ1) is 11.4. The quantitative estimate of drug-likeness (QED) is 0.752. The Morgan fingerprint density at radius 2 is 2.21 bits per heavy atom. The highest BCUT2D eigenvalue weighted by atomic mass is 32.2. The van der Waals surface area contributed by atoms with Crippen LogP contribution in [0.1, 0.15) is 24.8 Å². The van der Waals surface area contributed by atoms with E-state index < -0.39 is 10.0 Å². The van der Waals surface area contributed by atoms with E-state index in [1.54, 1.807) is 7.11 Å². The summed E-state index contributed by atoms with van der Waals surface area (Å²) in [6.07, 6.45) is 4.36. The molecule has 2 rings (SSSR count). The predicted molar refractivity (Wildman–Crippen MR) is 93.5 cm³/mol. The van der Waals surface area contributed by atoms with Crippen LogP contribution >= 0.6 is 0 Å². The highest BCUT2D eigenvalue weighted by Gasteiger charge is 2.29. The van der Waals surface area contributed by atoms with Gasteiger partial charge < -0.3 is 10.1 Å². The van der Waals surface area contributed by atoms with Gasteiger partial charge in [0.25, 0.3) is 0 Å². The first-order valence-corrected chi connectivity index (χ1v) is 10.1. The number of ether oxygens (including phenoxy) is 1. The van der Waals surface area contributed by atoms with Gasteiger partial charge in [-0.25, -0.2) is 12.7 Å². The normalized spacial score (nSPS) is 19.0. The molecule has 1 saturated heterocycles. The minimum Gasteiger partial charge on any atom is -0.497 e. The first-order valence-electron chi connectivity index (χ1n) is 8.26. The standard InChI is InChI=1S/C17H26N2O4S/c1-23-16-9-3-6-14(12-16)7-4-10-18-17(20)15-8-5-11-19(13-15)24(2,21)22/h3,6,9,12,15H,4-5,7-8,10-11,13H2,1-2H3,(H,18,20). The molecule has 0 aliphatic carbocycles. The minimum absolute atomic E-state index is 0.0472. The Bertz CT molecular complexity index is 660. The van der Waals surface area contributed by atoms with Gasteiger partial charge in [-0.05, 0) is 43.4 Å². The molecule has 134 valence electrons. The number of hydrogen-bond donors (Lipinski definition) is 1. The van der Waals surface area contributed by atoms with Gasteiger partial charge in [-0.2, -0.15) is 0 Å². The average molecular weight is 354 g/mol. The molecule has 0 bridgehead atoms. The van der Waals surface area contributed by atoms with E-state index >= 15 is 0 Å². The molecule has 0 spiro atoms. The van der Waals surface area contributed by atoms with Gasteiger partial charge >= 0.3 is 0 Å². The number of nitrogens with one attached hydrogen (secondary N) is 1. The van der Waals surface area contributed by atoms with Crippen molar-refractivity contribution < 1.29 is 17.9 Å². The SMILES string of the molecule is COc1cccc(CCCNC(=O)C2CCCN(S(C)(=O)=O)C2)c1. The molecule has 6 nitrogen and oxygen atoms in total. The molecule has 1 fully saturated rings. The Morgan fingerprint density at radius 3 is 2.92 bits per heavy atom. The predicted octanol–water partition coefficient (Wildman–Crippen LogP) is 1.42. The smallest absolute Gasteiger partial charge is 0.224 e. The molecule has 1 heterocycles. The molecule has 1 aromatic carbocycles. The zero-order valence-corrected chi connectivity index (χ0v) is 15.1. The van der Waals surface area contributed by atoms with E-state index in [1.807, 2.05) is 24.3 Å². The number of carbonyl (C=O) groups is 1. The van der Waals surface area contributed by atoms with Crippen molar-refractivity contribution in [3.05, 3.63) is 29.8 Å². The molecule has 24 heavy (non-hydrogen) atoms. The summed E-state index contributed by atoms with van der Waals surface area (Å²) in [6, 6.07) is 7.89. The van der Waals surface area contributed by atoms with E-state index in [0.717, 1.165) is 31.4 Å². The second kappa shape index (κ2) is 8.48. The lowest BCUT2D eigenvalue weighted by Crippen LogP contribution is -2.45. The minimum atomic E-state index is -3.22. The molecule has 0 saturated carbocycles. The zero-order chi connectivity index (χ0) is 17.6. The summed E-state index contributed by atoms with van der Waals surface area (Å²) in [5, 5.41) is 2.93. The van der Waals surface area contributed by atoms with Gasteiger partial charge in [0, 0.05) is 19.6 Å². The summed E-state index contributed by atoms with van der Waals surface area (Å²) in [6.45, 7) is 1.39. The third-order valence-corrected chi connectivity index (χ3v) is 5.57. The van der Waals surface area contributed by atoms with Gasteiger partial charge in [0.1, 0.15) is 5.75 Å². The maximum absolute atomic E-state index is 12.2. The van der Waals surface area contributed by atoms with Crippen LogP contribution in [-0.2, 0) is 21.2 Å². The van der Waals surface area contributed by atoms with Gasteiger partial charge in [-0.15, -0.1) is 0 Å². The number of amides is 1. The van der Waals surface area contributed by atoms with Crippen molar-refractivity contribution in [3.63, 3.8) is 0 Å². The first kappa shape index (κ1) is 18.7. The van der Waals surface area contributed by atoms with Crippen molar-refractivity contribution in [1.82, 2.24) is 9.62 Å². The second-order valence-corrected chi connectivity index (χ2v) is 8.19. The molecular formula is C17H26N2O4S. The van der Waals surface area contributed by atoms with E-state index in [4.69, 9.17) is 4.74 Å². The highest BCUT2D eigenvalue weighted by Crippen LogP contribution is 2.19. The summed E-state index contributed by atoms with van der Waals surface area (Å²) in [5.41, 5.74) is 1.17. The largest absolute Gasteiger partial charge is 0.497 e. The van der Waals surface area contributed by atoms with E-state index in [2.05, 4.69) is 5.32 Å². The third-order valence-electron chi connectivity index (χ3n) is 4.30. The Balaban J connectivity index is 1.74. The monoisotopic (exact) mass is 354 g/mol. The summed E-state index contributed by atoms with van der Waals surface area (Å²) >= 11 is 0. The third kappa shape index (κ3) is 5.49. The van der Waals surface area contributed by atoms with E-state index in [9.17, 15) is 13.2 Å². The van der Waals surface area contributed by atoms with Crippen molar-refractivity contribution in [3.8, 4) is 5.75 Å². The lowest BCUT2D eigenvalue weighted by Gasteiger charge is -2.30. The molecule has 1 atom stereocenters. The van der Waals surface area contributed by atoms with Crippen LogP contribution in [0, 0.1) is 5.92 Å². The van der Waals surface area contributed by atoms with Crippen molar-refractivity contribution in [1.29, 1.82) is 0 Å². The number of aryl methyl sites for hydroxylation is 1. The Labute approximate surface area is 144 Å². The molecule has 1 N–H and O–H groups in total. The lowest BCUT2D eigenvalue weighted by atomic mass is 9.99. The molecule has 1 amide bonds. The van der Waals surface area contributed by atoms with Crippen LogP contribution < -0.4 is 10.1 Å². The highest BCUT2D eigenvalue weighted by molar-refractivity contribution is 7.88. The summed E-state index contributed by atoms with van der Waals surface area (Å²) in [5.74, 6) is 0.541. The van der Waals surface area contributed by atoms with Crippen molar-refractivity contribution in [2.45, 2.75) is 25.7 Å². The molecule has 1 aliphatic heterocycles. The number of hydrogen-bond acceptors (Lipinski definition) is 4. The molecule has 1 aromatic rings. The number of sulfonamides is 1. The van der Waals surface area contributed by atoms with Crippen molar-refractivity contribution in [2.24, 2.45) is 5.92 Å². The van der Waals surface area contributed by atoms with Crippen molar-refractivity contribution in [2.75, 3.05) is 33.0 Å². The van der Waals surface area contributed by atoms with Crippen LogP contribution in [0.4, 0.5) is 0 Å². The molecule has 0 radical (unpaired) electrons. The Kier molecular flexibility index (Phi) is 6.62. The number of piperidine rings is 1.